The van der Waals surface area contributed by atoms with Crippen molar-refractivity contribution in [2.45, 2.75) is 19.4 Å². The molecule has 17 heavy (non-hydrogen) atoms. The number of carbonyl (C=O) groups is 1. The molecule has 1 aromatic carbocycles. The number of halogens is 1. The van der Waals surface area contributed by atoms with Crippen LogP contribution in [0.25, 0.3) is 0 Å². The lowest BCUT2D eigenvalue weighted by atomic mass is 10.2. The summed E-state index contributed by atoms with van der Waals surface area (Å²) in [5, 5.41) is 0. The van der Waals surface area contributed by atoms with Crippen LogP contribution in [0.1, 0.15) is 12.0 Å². The van der Waals surface area contributed by atoms with Crippen molar-refractivity contribution in [1.29, 1.82) is 0 Å². The quantitative estimate of drug-likeness (QED) is 0.792. The number of carbonyl (C=O) groups excluding carboxylic acids is 1. The van der Waals surface area contributed by atoms with E-state index < -0.39 is 12.0 Å². The first-order chi connectivity index (χ1) is 8.04. The summed E-state index contributed by atoms with van der Waals surface area (Å²) in [6.07, 6.45) is 0.350. The topological polar surface area (TPSA) is 61.5 Å². The first-order valence-electron chi connectivity index (χ1n) is 5.27. The molecule has 1 rings (SSSR count). The Bertz CT molecular complexity index is 395. The van der Waals surface area contributed by atoms with Crippen molar-refractivity contribution >= 4 is 5.97 Å². The van der Waals surface area contributed by atoms with Gasteiger partial charge >= 0.3 is 5.97 Å². The number of hydrogen-bond donors (Lipinski definition) is 1. The first-order valence-corrected chi connectivity index (χ1v) is 5.27. The minimum atomic E-state index is -0.693. The number of aryl methyl sites for hydroxylation is 1. The van der Waals surface area contributed by atoms with Gasteiger partial charge in [0.1, 0.15) is 17.6 Å². The molecule has 0 spiro atoms. The largest absolute Gasteiger partial charge is 0.494 e. The van der Waals surface area contributed by atoms with E-state index in [0.29, 0.717) is 17.7 Å². The second-order valence-electron chi connectivity index (χ2n) is 3.68. The third kappa shape index (κ3) is 4.03. The van der Waals surface area contributed by atoms with Crippen molar-refractivity contribution < 1.29 is 18.7 Å². The van der Waals surface area contributed by atoms with Crippen molar-refractivity contribution in [3.63, 3.8) is 0 Å². The lowest BCUT2D eigenvalue weighted by Gasteiger charge is -2.10. The molecule has 0 aliphatic heterocycles. The highest BCUT2D eigenvalue weighted by Crippen LogP contribution is 2.16. The monoisotopic (exact) mass is 241 g/mol. The van der Waals surface area contributed by atoms with E-state index in [1.807, 2.05) is 0 Å². The van der Waals surface area contributed by atoms with E-state index in [0.717, 1.165) is 0 Å². The molecule has 0 aliphatic rings. The predicted molar refractivity (Wildman–Crippen MR) is 61.2 cm³/mol. The molecule has 0 amide bonds. The van der Waals surface area contributed by atoms with Gasteiger partial charge in [-0.3, -0.25) is 4.79 Å². The Balaban J connectivity index is 2.40. The van der Waals surface area contributed by atoms with Gasteiger partial charge in [-0.1, -0.05) is 0 Å². The summed E-state index contributed by atoms with van der Waals surface area (Å²) < 4.78 is 22.8. The van der Waals surface area contributed by atoms with E-state index in [9.17, 15) is 9.18 Å². The van der Waals surface area contributed by atoms with Crippen molar-refractivity contribution in [2.24, 2.45) is 5.73 Å². The molecular weight excluding hydrogens is 225 g/mol. The number of esters is 1. The Morgan fingerprint density at radius 2 is 2.24 bits per heavy atom. The van der Waals surface area contributed by atoms with Crippen LogP contribution in [0.5, 0.6) is 5.75 Å². The lowest BCUT2D eigenvalue weighted by molar-refractivity contribution is -0.142. The van der Waals surface area contributed by atoms with Crippen molar-refractivity contribution in [2.75, 3.05) is 13.7 Å². The average molecular weight is 241 g/mol. The second-order valence-corrected chi connectivity index (χ2v) is 3.68. The van der Waals surface area contributed by atoms with Crippen molar-refractivity contribution in [3.05, 3.63) is 29.6 Å². The van der Waals surface area contributed by atoms with Gasteiger partial charge in [0.2, 0.25) is 0 Å². The summed E-state index contributed by atoms with van der Waals surface area (Å²) in [7, 11) is 1.28. The summed E-state index contributed by atoms with van der Waals surface area (Å²) in [4.78, 5) is 11.0. The molecule has 2 N–H and O–H groups in total. The van der Waals surface area contributed by atoms with E-state index in [-0.39, 0.29) is 12.4 Å². The molecule has 0 bridgehead atoms. The Hall–Kier alpha value is -1.62. The van der Waals surface area contributed by atoms with E-state index >= 15 is 0 Å². The maximum atomic E-state index is 13.0. The summed E-state index contributed by atoms with van der Waals surface area (Å²) in [5.74, 6) is -0.187. The smallest absolute Gasteiger partial charge is 0.322 e. The van der Waals surface area contributed by atoms with Gasteiger partial charge in [-0.15, -0.1) is 0 Å². The van der Waals surface area contributed by atoms with Crippen LogP contribution in [0.15, 0.2) is 18.2 Å². The fourth-order valence-electron chi connectivity index (χ4n) is 1.28. The Labute approximate surface area is 99.5 Å². The molecule has 0 radical (unpaired) electrons. The van der Waals surface area contributed by atoms with Gasteiger partial charge in [0.05, 0.1) is 13.7 Å². The zero-order valence-electron chi connectivity index (χ0n) is 9.90. The standard InChI is InChI=1S/C12H16FNO3/c1-8-7-9(3-4-10(8)13)17-6-5-11(14)12(15)16-2/h3-4,7,11H,5-6,14H2,1-2H3. The highest BCUT2D eigenvalue weighted by atomic mass is 19.1. The highest BCUT2D eigenvalue weighted by Gasteiger charge is 2.13. The fourth-order valence-corrected chi connectivity index (χ4v) is 1.28. The molecule has 5 heteroatoms. The SMILES string of the molecule is COC(=O)C(N)CCOc1ccc(F)c(C)c1. The Kier molecular flexibility index (Phi) is 4.90. The van der Waals surface area contributed by atoms with E-state index in [4.69, 9.17) is 10.5 Å². The second kappa shape index (κ2) is 6.20. The number of ether oxygens (including phenoxy) is 2. The van der Waals surface area contributed by atoms with Crippen LogP contribution < -0.4 is 10.5 Å². The summed E-state index contributed by atoms with van der Waals surface area (Å²) >= 11 is 0. The van der Waals surface area contributed by atoms with Crippen LogP contribution in [0.4, 0.5) is 4.39 Å². The molecule has 0 fully saturated rings. The summed E-state index contributed by atoms with van der Waals surface area (Å²) in [6.45, 7) is 1.93. The molecular formula is C12H16FNO3. The molecule has 94 valence electrons. The van der Waals surface area contributed by atoms with Gasteiger partial charge < -0.3 is 15.2 Å². The Morgan fingerprint density at radius 1 is 1.53 bits per heavy atom. The van der Waals surface area contributed by atoms with Crippen LogP contribution in [0.2, 0.25) is 0 Å². The number of nitrogens with two attached hydrogens (primary N) is 1. The molecule has 0 heterocycles. The van der Waals surface area contributed by atoms with Gasteiger partial charge in [0.25, 0.3) is 0 Å². The van der Waals surface area contributed by atoms with Crippen LogP contribution in [0.3, 0.4) is 0 Å². The molecule has 1 aromatic rings. The average Bonchev–Trinajstić information content (AvgIpc) is 2.32. The van der Waals surface area contributed by atoms with E-state index in [1.54, 1.807) is 13.0 Å². The number of methoxy groups -OCH3 is 1. The summed E-state index contributed by atoms with van der Waals surface area (Å²) in [6, 6.07) is 3.78. The van der Waals surface area contributed by atoms with Gasteiger partial charge in [-0.25, -0.2) is 4.39 Å². The number of hydrogen-bond acceptors (Lipinski definition) is 4. The van der Waals surface area contributed by atoms with Crippen LogP contribution in [0, 0.1) is 12.7 Å². The fraction of sp³-hybridized carbons (Fsp3) is 0.417. The number of benzene rings is 1. The third-order valence-corrected chi connectivity index (χ3v) is 2.33. The zero-order chi connectivity index (χ0) is 12.8. The normalized spacial score (nSPS) is 12.0. The van der Waals surface area contributed by atoms with Crippen LogP contribution in [-0.2, 0) is 9.53 Å². The maximum absolute atomic E-state index is 13.0. The van der Waals surface area contributed by atoms with Crippen LogP contribution >= 0.6 is 0 Å². The van der Waals surface area contributed by atoms with Crippen molar-refractivity contribution in [3.8, 4) is 5.75 Å². The van der Waals surface area contributed by atoms with Gasteiger partial charge in [0.15, 0.2) is 0 Å². The maximum Gasteiger partial charge on any atom is 0.322 e. The van der Waals surface area contributed by atoms with Gasteiger partial charge in [-0.2, -0.15) is 0 Å². The van der Waals surface area contributed by atoms with E-state index in [2.05, 4.69) is 4.74 Å². The third-order valence-electron chi connectivity index (χ3n) is 2.33. The van der Waals surface area contributed by atoms with E-state index in [1.165, 1.54) is 19.2 Å². The minimum Gasteiger partial charge on any atom is -0.494 e. The molecule has 0 saturated carbocycles. The molecule has 0 aliphatic carbocycles. The van der Waals surface area contributed by atoms with Crippen LogP contribution in [-0.4, -0.2) is 25.7 Å². The molecule has 1 unspecified atom stereocenters. The zero-order valence-corrected chi connectivity index (χ0v) is 9.90. The predicted octanol–water partition coefficient (Wildman–Crippen LogP) is 1.40. The summed E-state index contributed by atoms with van der Waals surface area (Å²) in [5.41, 5.74) is 6.05. The molecule has 0 aromatic heterocycles. The minimum absolute atomic E-state index is 0.274. The molecule has 4 nitrogen and oxygen atoms in total. The number of rotatable bonds is 5. The van der Waals surface area contributed by atoms with Gasteiger partial charge in [0, 0.05) is 6.42 Å². The molecule has 0 saturated heterocycles. The lowest BCUT2D eigenvalue weighted by Crippen LogP contribution is -2.33. The first kappa shape index (κ1) is 13.4. The Morgan fingerprint density at radius 3 is 2.82 bits per heavy atom. The van der Waals surface area contributed by atoms with Gasteiger partial charge in [-0.05, 0) is 30.7 Å². The van der Waals surface area contributed by atoms with Crippen molar-refractivity contribution in [1.82, 2.24) is 0 Å². The highest BCUT2D eigenvalue weighted by molar-refractivity contribution is 5.75. The molecule has 1 atom stereocenters.